The summed E-state index contributed by atoms with van der Waals surface area (Å²) in [5.41, 5.74) is 5.83. The Morgan fingerprint density at radius 1 is 1.48 bits per heavy atom. The molecule has 0 unspecified atom stereocenters. The van der Waals surface area contributed by atoms with Crippen LogP contribution in [0.3, 0.4) is 0 Å². The molecule has 0 radical (unpaired) electrons. The van der Waals surface area contributed by atoms with Gasteiger partial charge in [0.25, 0.3) is 0 Å². The molecule has 1 heterocycles. The molecule has 1 aromatic heterocycles. The number of nitrogens with zero attached hydrogens (tertiary/aromatic N) is 3. The number of hydrogen-bond acceptors (Lipinski definition) is 6. The summed E-state index contributed by atoms with van der Waals surface area (Å²) in [7, 11) is 0. The van der Waals surface area contributed by atoms with E-state index in [1.54, 1.807) is 0 Å². The van der Waals surface area contributed by atoms with Crippen molar-refractivity contribution in [2.45, 2.75) is 52.7 Å². The van der Waals surface area contributed by atoms with Crippen LogP contribution in [0.1, 0.15) is 41.0 Å². The predicted molar refractivity (Wildman–Crippen MR) is 84.4 cm³/mol. The van der Waals surface area contributed by atoms with E-state index in [0.29, 0.717) is 18.1 Å². The van der Waals surface area contributed by atoms with Crippen LogP contribution in [0.5, 0.6) is 0 Å². The first-order valence-corrected chi connectivity index (χ1v) is 7.24. The van der Waals surface area contributed by atoms with Crippen molar-refractivity contribution in [2.75, 3.05) is 17.2 Å². The number of carbonyl (C=O) groups is 1. The fourth-order valence-electron chi connectivity index (χ4n) is 1.80. The molecule has 0 saturated heterocycles. The third-order valence-corrected chi connectivity index (χ3v) is 2.82. The van der Waals surface area contributed by atoms with Crippen LogP contribution in [0, 0.1) is 0 Å². The lowest BCUT2D eigenvalue weighted by atomic mass is 10.2. The first-order valence-electron chi connectivity index (χ1n) is 6.86. The minimum atomic E-state index is -0.489. The van der Waals surface area contributed by atoms with Gasteiger partial charge in [0.1, 0.15) is 5.60 Å². The first-order chi connectivity index (χ1) is 9.60. The highest BCUT2D eigenvalue weighted by Crippen LogP contribution is 2.23. The summed E-state index contributed by atoms with van der Waals surface area (Å²) in [4.78, 5) is 21.7. The van der Waals surface area contributed by atoms with Crippen LogP contribution in [0.2, 0.25) is 5.28 Å². The maximum absolute atomic E-state index is 11.8. The fraction of sp³-hybridized carbons (Fsp3) is 0.643. The number of anilines is 2. The Morgan fingerprint density at radius 2 is 2.10 bits per heavy atom. The SMILES string of the molecule is CC(C)N(CCC(=O)OC(C)(C)C)c1nc(Cl)ncc1N. The van der Waals surface area contributed by atoms with E-state index >= 15 is 0 Å². The molecular weight excluding hydrogens is 292 g/mol. The van der Waals surface area contributed by atoms with Crippen molar-refractivity contribution in [1.82, 2.24) is 9.97 Å². The van der Waals surface area contributed by atoms with Crippen molar-refractivity contribution in [2.24, 2.45) is 0 Å². The molecule has 6 nitrogen and oxygen atoms in total. The van der Waals surface area contributed by atoms with E-state index in [1.165, 1.54) is 6.20 Å². The van der Waals surface area contributed by atoms with Crippen LogP contribution in [-0.2, 0) is 9.53 Å². The maximum Gasteiger partial charge on any atom is 0.308 e. The number of rotatable bonds is 5. The van der Waals surface area contributed by atoms with Gasteiger partial charge in [-0.1, -0.05) is 0 Å². The van der Waals surface area contributed by atoms with Crippen molar-refractivity contribution in [1.29, 1.82) is 0 Å². The van der Waals surface area contributed by atoms with Gasteiger partial charge in [-0.2, -0.15) is 4.98 Å². The monoisotopic (exact) mass is 314 g/mol. The van der Waals surface area contributed by atoms with Crippen LogP contribution in [-0.4, -0.2) is 34.1 Å². The fourth-order valence-corrected chi connectivity index (χ4v) is 1.93. The lowest BCUT2D eigenvalue weighted by Gasteiger charge is -2.29. The highest BCUT2D eigenvalue weighted by Gasteiger charge is 2.20. The molecule has 0 atom stereocenters. The molecule has 7 heteroatoms. The molecule has 0 bridgehead atoms. The molecule has 0 aliphatic heterocycles. The first kappa shape index (κ1) is 17.5. The van der Waals surface area contributed by atoms with Crippen LogP contribution in [0.15, 0.2) is 6.20 Å². The molecule has 21 heavy (non-hydrogen) atoms. The molecule has 0 aliphatic carbocycles. The van der Waals surface area contributed by atoms with E-state index in [4.69, 9.17) is 22.1 Å². The highest BCUT2D eigenvalue weighted by molar-refractivity contribution is 6.28. The number of ether oxygens (including phenoxy) is 1. The second kappa shape index (κ2) is 6.93. The topological polar surface area (TPSA) is 81.3 Å². The Bertz CT molecular complexity index is 500. The van der Waals surface area contributed by atoms with Crippen LogP contribution in [0.25, 0.3) is 0 Å². The lowest BCUT2D eigenvalue weighted by molar-refractivity contribution is -0.154. The van der Waals surface area contributed by atoms with E-state index in [9.17, 15) is 4.79 Å². The number of hydrogen-bond donors (Lipinski definition) is 1. The maximum atomic E-state index is 11.8. The van der Waals surface area contributed by atoms with Crippen LogP contribution >= 0.6 is 11.6 Å². The van der Waals surface area contributed by atoms with E-state index in [2.05, 4.69) is 9.97 Å². The minimum absolute atomic E-state index is 0.112. The number of carbonyl (C=O) groups excluding carboxylic acids is 1. The molecule has 0 aliphatic rings. The van der Waals surface area contributed by atoms with Crippen molar-refractivity contribution < 1.29 is 9.53 Å². The third-order valence-electron chi connectivity index (χ3n) is 2.64. The summed E-state index contributed by atoms with van der Waals surface area (Å²) in [6.45, 7) is 9.95. The van der Waals surface area contributed by atoms with Gasteiger partial charge < -0.3 is 15.4 Å². The van der Waals surface area contributed by atoms with Gasteiger partial charge in [0.2, 0.25) is 5.28 Å². The Morgan fingerprint density at radius 3 is 2.62 bits per heavy atom. The van der Waals surface area contributed by atoms with E-state index in [-0.39, 0.29) is 23.7 Å². The average molecular weight is 315 g/mol. The number of nitrogen functional groups attached to an aromatic ring is 1. The molecule has 0 fully saturated rings. The van der Waals surface area contributed by atoms with Gasteiger partial charge in [-0.05, 0) is 46.2 Å². The second-order valence-electron chi connectivity index (χ2n) is 6.04. The summed E-state index contributed by atoms with van der Waals surface area (Å²) in [6, 6.07) is 0.112. The van der Waals surface area contributed by atoms with Crippen molar-refractivity contribution >= 4 is 29.1 Å². The quantitative estimate of drug-likeness (QED) is 0.664. The molecule has 1 rings (SSSR count). The second-order valence-corrected chi connectivity index (χ2v) is 6.38. The zero-order valence-electron chi connectivity index (χ0n) is 13.2. The van der Waals surface area contributed by atoms with Gasteiger partial charge >= 0.3 is 5.97 Å². The van der Waals surface area contributed by atoms with Gasteiger partial charge in [-0.15, -0.1) is 0 Å². The van der Waals surface area contributed by atoms with Gasteiger partial charge in [-0.25, -0.2) is 4.98 Å². The summed E-state index contributed by atoms with van der Waals surface area (Å²) in [6.07, 6.45) is 1.71. The van der Waals surface area contributed by atoms with Gasteiger partial charge in [-0.3, -0.25) is 4.79 Å². The van der Waals surface area contributed by atoms with Crippen LogP contribution in [0.4, 0.5) is 11.5 Å². The summed E-state index contributed by atoms with van der Waals surface area (Å²) >= 11 is 5.82. The Labute approximate surface area is 130 Å². The van der Waals surface area contributed by atoms with E-state index in [1.807, 2.05) is 39.5 Å². The largest absolute Gasteiger partial charge is 0.460 e. The van der Waals surface area contributed by atoms with Crippen LogP contribution < -0.4 is 10.6 Å². The molecule has 0 amide bonds. The normalized spacial score (nSPS) is 11.6. The van der Waals surface area contributed by atoms with Crippen molar-refractivity contribution in [3.8, 4) is 0 Å². The zero-order chi connectivity index (χ0) is 16.2. The van der Waals surface area contributed by atoms with Gasteiger partial charge in [0.15, 0.2) is 5.82 Å². The number of esters is 1. The van der Waals surface area contributed by atoms with E-state index in [0.717, 1.165) is 0 Å². The molecule has 0 saturated carbocycles. The number of halogens is 1. The van der Waals surface area contributed by atoms with E-state index < -0.39 is 5.60 Å². The van der Waals surface area contributed by atoms with Gasteiger partial charge in [0.05, 0.1) is 18.3 Å². The summed E-state index contributed by atoms with van der Waals surface area (Å²) in [5.74, 6) is 0.278. The predicted octanol–water partition coefficient (Wildman–Crippen LogP) is 2.66. The van der Waals surface area contributed by atoms with Gasteiger partial charge in [0, 0.05) is 12.6 Å². The Hall–Kier alpha value is -1.56. The Balaban J connectivity index is 2.80. The van der Waals surface area contributed by atoms with Crippen molar-refractivity contribution in [3.05, 3.63) is 11.5 Å². The zero-order valence-corrected chi connectivity index (χ0v) is 13.9. The Kier molecular flexibility index (Phi) is 5.78. The average Bonchev–Trinajstić information content (AvgIpc) is 2.31. The molecule has 2 N–H and O–H groups in total. The molecule has 118 valence electrons. The molecule has 1 aromatic rings. The molecule has 0 aromatic carbocycles. The summed E-state index contributed by atoms with van der Waals surface area (Å²) in [5, 5.41) is 0.127. The standard InChI is InChI=1S/C14H23ClN4O2/c1-9(2)19(7-6-11(20)21-14(3,4)5)12-10(16)8-17-13(15)18-12/h8-9H,6-7,16H2,1-5H3. The third kappa shape index (κ3) is 5.75. The molecular formula is C14H23ClN4O2. The molecule has 0 spiro atoms. The minimum Gasteiger partial charge on any atom is -0.460 e. The van der Waals surface area contributed by atoms with Crippen molar-refractivity contribution in [3.63, 3.8) is 0 Å². The lowest BCUT2D eigenvalue weighted by Crippen LogP contribution is -2.35. The highest BCUT2D eigenvalue weighted by atomic mass is 35.5. The number of nitrogens with two attached hydrogens (primary N) is 1. The number of aromatic nitrogens is 2. The smallest absolute Gasteiger partial charge is 0.308 e. The summed E-state index contributed by atoms with van der Waals surface area (Å²) < 4.78 is 5.30.